The molecule has 0 radical (unpaired) electrons. The van der Waals surface area contributed by atoms with Crippen molar-refractivity contribution in [1.29, 1.82) is 0 Å². The van der Waals surface area contributed by atoms with Crippen LogP contribution in [-0.2, 0) is 6.18 Å². The topological polar surface area (TPSA) is 58.1 Å². The van der Waals surface area contributed by atoms with Crippen molar-refractivity contribution in [2.45, 2.75) is 38.8 Å². The van der Waals surface area contributed by atoms with E-state index in [0.717, 1.165) is 38.1 Å². The van der Waals surface area contributed by atoms with Crippen LogP contribution in [0.15, 0.2) is 30.3 Å². The first kappa shape index (κ1) is 19.1. The van der Waals surface area contributed by atoms with Crippen molar-refractivity contribution in [1.82, 2.24) is 9.97 Å². The van der Waals surface area contributed by atoms with Gasteiger partial charge in [-0.2, -0.15) is 13.2 Å². The van der Waals surface area contributed by atoms with Gasteiger partial charge in [-0.3, -0.25) is 4.79 Å². The molecule has 0 unspecified atom stereocenters. The van der Waals surface area contributed by atoms with E-state index in [9.17, 15) is 18.0 Å². The molecule has 0 aliphatic carbocycles. The molecule has 1 aliphatic rings. The largest absolute Gasteiger partial charge is 0.416 e. The summed E-state index contributed by atoms with van der Waals surface area (Å²) in [7, 11) is 0. The number of rotatable bonds is 3. The van der Waals surface area contributed by atoms with Crippen molar-refractivity contribution in [2.75, 3.05) is 23.3 Å². The van der Waals surface area contributed by atoms with Crippen molar-refractivity contribution in [3.05, 3.63) is 47.3 Å². The smallest absolute Gasteiger partial charge is 0.341 e. The highest BCUT2D eigenvalue weighted by atomic mass is 19.4. The van der Waals surface area contributed by atoms with Gasteiger partial charge >= 0.3 is 6.18 Å². The van der Waals surface area contributed by atoms with E-state index in [0.29, 0.717) is 11.6 Å². The van der Waals surface area contributed by atoms with Gasteiger partial charge in [0.2, 0.25) is 5.95 Å². The Hall–Kier alpha value is -2.64. The minimum absolute atomic E-state index is 0.196. The fourth-order valence-electron chi connectivity index (χ4n) is 3.02. The van der Waals surface area contributed by atoms with E-state index >= 15 is 0 Å². The third-order valence-electron chi connectivity index (χ3n) is 4.43. The highest BCUT2D eigenvalue weighted by molar-refractivity contribution is 6.03. The molecule has 0 bridgehead atoms. The van der Waals surface area contributed by atoms with Gasteiger partial charge in [0.05, 0.1) is 5.56 Å². The monoisotopic (exact) mass is 378 g/mol. The lowest BCUT2D eigenvalue weighted by atomic mass is 10.2. The summed E-state index contributed by atoms with van der Waals surface area (Å²) in [5, 5.41) is 2.59. The molecule has 1 aromatic carbocycles. The molecule has 8 heteroatoms. The van der Waals surface area contributed by atoms with E-state index in [-0.39, 0.29) is 11.4 Å². The van der Waals surface area contributed by atoms with Crippen molar-refractivity contribution in [3.63, 3.8) is 0 Å². The molecule has 2 aromatic rings. The molecule has 1 amide bonds. The minimum Gasteiger partial charge on any atom is -0.341 e. The fraction of sp³-hybridized carbons (Fsp3) is 0.421. The number of benzene rings is 1. The summed E-state index contributed by atoms with van der Waals surface area (Å²) in [4.78, 5) is 23.4. The van der Waals surface area contributed by atoms with Gasteiger partial charge in [0.1, 0.15) is 5.69 Å². The number of hydrogen-bond donors (Lipinski definition) is 1. The zero-order chi connectivity index (χ0) is 19.4. The van der Waals surface area contributed by atoms with Gasteiger partial charge in [-0.1, -0.05) is 12.8 Å². The summed E-state index contributed by atoms with van der Waals surface area (Å²) >= 11 is 0. The lowest BCUT2D eigenvalue weighted by Gasteiger charge is -2.21. The minimum atomic E-state index is -4.41. The number of hydrogen-bond acceptors (Lipinski definition) is 4. The Kier molecular flexibility index (Phi) is 5.62. The molecular weight excluding hydrogens is 357 g/mol. The van der Waals surface area contributed by atoms with Crippen molar-refractivity contribution in [2.24, 2.45) is 0 Å². The number of carbonyl (C=O) groups is 1. The standard InChI is InChI=1S/C19H21F3N4O/c1-13-12-16(25-18(23-13)26-10-4-2-3-5-11-26)17(27)24-15-8-6-14(7-9-15)19(20,21)22/h6-9,12H,2-5,10-11H2,1H3,(H,24,27). The molecule has 1 fully saturated rings. The van der Waals surface area contributed by atoms with Crippen LogP contribution < -0.4 is 10.2 Å². The molecule has 0 spiro atoms. The van der Waals surface area contributed by atoms with Gasteiger partial charge in [-0.05, 0) is 50.1 Å². The van der Waals surface area contributed by atoms with Crippen molar-refractivity contribution >= 4 is 17.5 Å². The van der Waals surface area contributed by atoms with Crippen molar-refractivity contribution in [3.8, 4) is 0 Å². The molecule has 0 saturated carbocycles. The average molecular weight is 378 g/mol. The fourth-order valence-corrected chi connectivity index (χ4v) is 3.02. The van der Waals surface area contributed by atoms with E-state index in [1.54, 1.807) is 13.0 Å². The number of nitrogens with zero attached hydrogens (tertiary/aromatic N) is 3. The second-order valence-corrected chi connectivity index (χ2v) is 6.63. The summed E-state index contributed by atoms with van der Waals surface area (Å²) < 4.78 is 37.9. The summed E-state index contributed by atoms with van der Waals surface area (Å²) in [5.74, 6) is 0.0470. The first-order chi connectivity index (χ1) is 12.8. The van der Waals surface area contributed by atoms with E-state index in [1.165, 1.54) is 25.0 Å². The van der Waals surface area contributed by atoms with Gasteiger partial charge in [0.25, 0.3) is 5.91 Å². The highest BCUT2D eigenvalue weighted by Gasteiger charge is 2.30. The maximum absolute atomic E-state index is 12.6. The number of aromatic nitrogens is 2. The summed E-state index contributed by atoms with van der Waals surface area (Å²) in [6, 6.07) is 5.89. The number of alkyl halides is 3. The van der Waals surface area contributed by atoms with Crippen LogP contribution in [-0.4, -0.2) is 29.0 Å². The van der Waals surface area contributed by atoms with E-state index < -0.39 is 17.6 Å². The number of aryl methyl sites for hydroxylation is 1. The Balaban J connectivity index is 1.76. The van der Waals surface area contributed by atoms with Crippen LogP contribution in [0, 0.1) is 6.92 Å². The molecule has 0 atom stereocenters. The van der Waals surface area contributed by atoms with Gasteiger partial charge in [0.15, 0.2) is 0 Å². The van der Waals surface area contributed by atoms with Gasteiger partial charge in [-0.25, -0.2) is 9.97 Å². The maximum Gasteiger partial charge on any atom is 0.416 e. The molecule has 1 aliphatic heterocycles. The molecular formula is C19H21F3N4O. The first-order valence-electron chi connectivity index (χ1n) is 8.92. The number of carbonyl (C=O) groups excluding carboxylic acids is 1. The van der Waals surface area contributed by atoms with Crippen LogP contribution in [0.3, 0.4) is 0 Å². The zero-order valence-corrected chi connectivity index (χ0v) is 15.0. The lowest BCUT2D eigenvalue weighted by Crippen LogP contribution is -2.27. The van der Waals surface area contributed by atoms with Crippen LogP contribution in [0.4, 0.5) is 24.8 Å². The predicted octanol–water partition coefficient (Wildman–Crippen LogP) is 4.44. The molecule has 5 nitrogen and oxygen atoms in total. The Bertz CT molecular complexity index is 798. The lowest BCUT2D eigenvalue weighted by molar-refractivity contribution is -0.137. The number of halogens is 3. The third-order valence-corrected chi connectivity index (χ3v) is 4.43. The van der Waals surface area contributed by atoms with Crippen LogP contribution in [0.25, 0.3) is 0 Å². The van der Waals surface area contributed by atoms with Crippen LogP contribution in [0.5, 0.6) is 0 Å². The summed E-state index contributed by atoms with van der Waals surface area (Å²) in [6.07, 6.45) is 0.0519. The first-order valence-corrected chi connectivity index (χ1v) is 8.92. The van der Waals surface area contributed by atoms with E-state index in [2.05, 4.69) is 20.2 Å². The second kappa shape index (κ2) is 7.94. The maximum atomic E-state index is 12.6. The van der Waals surface area contributed by atoms with Gasteiger partial charge < -0.3 is 10.2 Å². The quantitative estimate of drug-likeness (QED) is 0.858. The van der Waals surface area contributed by atoms with Gasteiger partial charge in [-0.15, -0.1) is 0 Å². The van der Waals surface area contributed by atoms with Crippen LogP contribution >= 0.6 is 0 Å². The predicted molar refractivity (Wildman–Crippen MR) is 96.8 cm³/mol. The van der Waals surface area contributed by atoms with E-state index in [4.69, 9.17) is 0 Å². The van der Waals surface area contributed by atoms with E-state index in [1.807, 2.05) is 0 Å². The van der Waals surface area contributed by atoms with Gasteiger partial charge in [0, 0.05) is 24.5 Å². The molecule has 27 heavy (non-hydrogen) atoms. The molecule has 2 heterocycles. The normalized spacial score (nSPS) is 15.3. The third kappa shape index (κ3) is 4.96. The molecule has 1 saturated heterocycles. The number of anilines is 2. The average Bonchev–Trinajstić information content (AvgIpc) is 2.90. The molecule has 1 N–H and O–H groups in total. The Morgan fingerprint density at radius 2 is 1.67 bits per heavy atom. The van der Waals surface area contributed by atoms with Crippen LogP contribution in [0.1, 0.15) is 47.4 Å². The molecule has 1 aromatic heterocycles. The SMILES string of the molecule is Cc1cc(C(=O)Nc2ccc(C(F)(F)F)cc2)nc(N2CCCCCC2)n1. The summed E-state index contributed by atoms with van der Waals surface area (Å²) in [5.41, 5.74) is 0.380. The number of nitrogens with one attached hydrogen (secondary N) is 1. The second-order valence-electron chi connectivity index (χ2n) is 6.63. The Morgan fingerprint density at radius 3 is 2.26 bits per heavy atom. The van der Waals surface area contributed by atoms with Crippen LogP contribution in [0.2, 0.25) is 0 Å². The van der Waals surface area contributed by atoms with Crippen molar-refractivity contribution < 1.29 is 18.0 Å². The molecule has 144 valence electrons. The zero-order valence-electron chi connectivity index (χ0n) is 15.0. The number of amides is 1. The summed E-state index contributed by atoms with van der Waals surface area (Å²) in [6.45, 7) is 3.49. The highest BCUT2D eigenvalue weighted by Crippen LogP contribution is 2.29. The Morgan fingerprint density at radius 1 is 1.04 bits per heavy atom. The Labute approximate surface area is 155 Å². The molecule has 3 rings (SSSR count).